The van der Waals surface area contributed by atoms with Gasteiger partial charge in [0.05, 0.1) is 6.10 Å². The first-order valence-corrected chi connectivity index (χ1v) is 12.1. The summed E-state index contributed by atoms with van der Waals surface area (Å²) in [5, 5.41) is 36.2. The fourth-order valence-corrected chi connectivity index (χ4v) is 3.38. The van der Waals surface area contributed by atoms with Crippen molar-refractivity contribution >= 4 is 29.7 Å². The van der Waals surface area contributed by atoms with Crippen molar-refractivity contribution in [1.82, 2.24) is 16.0 Å². The van der Waals surface area contributed by atoms with E-state index in [1.165, 1.54) is 19.1 Å². The number of carboxylic acids is 1. The highest BCUT2D eigenvalue weighted by Crippen LogP contribution is 2.12. The minimum Gasteiger partial charge on any atom is -0.508 e. The summed E-state index contributed by atoms with van der Waals surface area (Å²) >= 11 is 0. The van der Waals surface area contributed by atoms with Gasteiger partial charge in [0.1, 0.15) is 29.9 Å². The third-order valence-corrected chi connectivity index (χ3v) is 5.64. The lowest BCUT2D eigenvalue weighted by atomic mass is 10.0. The van der Waals surface area contributed by atoms with E-state index in [-0.39, 0.29) is 37.5 Å². The maximum absolute atomic E-state index is 13.3. The average Bonchev–Trinajstić information content (AvgIpc) is 2.83. The van der Waals surface area contributed by atoms with Gasteiger partial charge in [-0.1, -0.05) is 26.0 Å². The van der Waals surface area contributed by atoms with Gasteiger partial charge in [-0.25, -0.2) is 4.79 Å². The number of aliphatic carboxylic acids is 1. The van der Waals surface area contributed by atoms with Crippen molar-refractivity contribution in [1.29, 1.82) is 0 Å². The number of rotatable bonds is 15. The van der Waals surface area contributed by atoms with Crippen LogP contribution in [-0.2, 0) is 25.6 Å². The molecule has 0 saturated heterocycles. The van der Waals surface area contributed by atoms with Crippen LogP contribution in [0.25, 0.3) is 0 Å². The molecule has 1 aromatic carbocycles. The van der Waals surface area contributed by atoms with Crippen LogP contribution in [0.2, 0.25) is 0 Å². The summed E-state index contributed by atoms with van der Waals surface area (Å²) in [5.41, 5.74) is 16.9. The number of phenolic OH excluding ortho intramolecular Hbond substituents is 1. The number of aromatic hydroxyl groups is 1. The number of aliphatic imine (C=N–C) groups is 1. The topological polar surface area (TPSA) is 255 Å². The molecular formula is C24H39N7O7. The van der Waals surface area contributed by atoms with E-state index in [1.807, 2.05) is 0 Å². The number of carbonyl (C=O) groups excluding carboxylic acids is 3. The summed E-state index contributed by atoms with van der Waals surface area (Å²) in [6, 6.07) is 1.01. The number of guanidine groups is 1. The second kappa shape index (κ2) is 15.4. The van der Waals surface area contributed by atoms with Crippen LogP contribution in [0.4, 0.5) is 0 Å². The number of aliphatic hydroxyl groups is 1. The number of hydrogen-bond donors (Lipinski definition) is 9. The van der Waals surface area contributed by atoms with E-state index in [4.69, 9.17) is 17.2 Å². The first kappa shape index (κ1) is 32.1. The smallest absolute Gasteiger partial charge is 0.326 e. The van der Waals surface area contributed by atoms with Crippen molar-refractivity contribution in [2.75, 3.05) is 6.54 Å². The highest BCUT2D eigenvalue weighted by atomic mass is 16.4. The van der Waals surface area contributed by atoms with Crippen LogP contribution < -0.4 is 33.2 Å². The molecule has 1 rings (SSSR count). The van der Waals surface area contributed by atoms with Gasteiger partial charge in [-0.05, 0) is 43.4 Å². The van der Waals surface area contributed by atoms with Crippen LogP contribution in [0.3, 0.4) is 0 Å². The molecule has 0 heterocycles. The first-order chi connectivity index (χ1) is 17.7. The van der Waals surface area contributed by atoms with Gasteiger partial charge in [0, 0.05) is 13.0 Å². The summed E-state index contributed by atoms with van der Waals surface area (Å²) in [4.78, 5) is 54.3. The molecule has 3 amide bonds. The summed E-state index contributed by atoms with van der Waals surface area (Å²) < 4.78 is 0. The molecule has 38 heavy (non-hydrogen) atoms. The predicted octanol–water partition coefficient (Wildman–Crippen LogP) is -2.11. The van der Waals surface area contributed by atoms with Gasteiger partial charge in [0.15, 0.2) is 5.96 Å². The molecule has 5 atom stereocenters. The molecule has 0 aromatic heterocycles. The second-order valence-corrected chi connectivity index (χ2v) is 9.28. The van der Waals surface area contributed by atoms with Crippen LogP contribution in [0.1, 0.15) is 39.2 Å². The Labute approximate surface area is 221 Å². The van der Waals surface area contributed by atoms with Crippen molar-refractivity contribution in [3.63, 3.8) is 0 Å². The van der Waals surface area contributed by atoms with E-state index < -0.39 is 59.9 Å². The molecular weight excluding hydrogens is 498 g/mol. The molecule has 5 unspecified atom stereocenters. The SMILES string of the molecule is CC(C)C(NC(=O)C(CCCN=C(N)N)NC(=O)C(Cc1ccc(O)cc1)NC(=O)C(N)C(C)O)C(=O)O. The van der Waals surface area contributed by atoms with Crippen molar-refractivity contribution in [3.8, 4) is 5.75 Å². The van der Waals surface area contributed by atoms with Gasteiger partial charge >= 0.3 is 5.97 Å². The number of nitrogens with one attached hydrogen (secondary N) is 3. The van der Waals surface area contributed by atoms with Gasteiger partial charge < -0.3 is 48.5 Å². The lowest BCUT2D eigenvalue weighted by molar-refractivity contribution is -0.143. The number of amides is 3. The molecule has 0 aliphatic carbocycles. The minimum absolute atomic E-state index is 0.00515. The third kappa shape index (κ3) is 11.0. The number of phenols is 1. The highest BCUT2D eigenvalue weighted by molar-refractivity contribution is 5.94. The number of nitrogens with two attached hydrogens (primary N) is 3. The van der Waals surface area contributed by atoms with E-state index in [0.717, 1.165) is 0 Å². The molecule has 0 aliphatic heterocycles. The molecule has 14 nitrogen and oxygen atoms in total. The summed E-state index contributed by atoms with van der Waals surface area (Å²) in [7, 11) is 0. The monoisotopic (exact) mass is 537 g/mol. The van der Waals surface area contributed by atoms with Crippen LogP contribution in [0, 0.1) is 5.92 Å². The molecule has 0 spiro atoms. The van der Waals surface area contributed by atoms with Gasteiger partial charge in [-0.2, -0.15) is 0 Å². The van der Waals surface area contributed by atoms with E-state index in [9.17, 15) is 34.5 Å². The fourth-order valence-electron chi connectivity index (χ4n) is 3.38. The highest BCUT2D eigenvalue weighted by Gasteiger charge is 2.31. The van der Waals surface area contributed by atoms with E-state index in [1.54, 1.807) is 26.0 Å². The zero-order valence-electron chi connectivity index (χ0n) is 21.8. The number of aliphatic hydroxyl groups excluding tert-OH is 1. The lowest BCUT2D eigenvalue weighted by Gasteiger charge is -2.26. The summed E-state index contributed by atoms with van der Waals surface area (Å²) in [6.45, 7) is 4.73. The number of nitrogens with zero attached hydrogens (tertiary/aromatic N) is 1. The molecule has 212 valence electrons. The average molecular weight is 538 g/mol. The molecule has 12 N–H and O–H groups in total. The van der Waals surface area contributed by atoms with Crippen LogP contribution in [0.15, 0.2) is 29.3 Å². The van der Waals surface area contributed by atoms with Crippen molar-refractivity contribution in [2.45, 2.75) is 70.3 Å². The van der Waals surface area contributed by atoms with Gasteiger partial charge in [-0.15, -0.1) is 0 Å². The number of carboxylic acid groups (broad SMARTS) is 1. The Kier molecular flexibility index (Phi) is 13.0. The van der Waals surface area contributed by atoms with Crippen LogP contribution in [-0.4, -0.2) is 81.8 Å². The number of hydrogen-bond acceptors (Lipinski definition) is 8. The van der Waals surface area contributed by atoms with E-state index >= 15 is 0 Å². The quantitative estimate of drug-likeness (QED) is 0.0668. The Morgan fingerprint density at radius 3 is 1.97 bits per heavy atom. The largest absolute Gasteiger partial charge is 0.508 e. The molecule has 1 aromatic rings. The molecule has 0 bridgehead atoms. The Bertz CT molecular complexity index is 979. The van der Waals surface area contributed by atoms with Crippen LogP contribution in [0.5, 0.6) is 5.75 Å². The van der Waals surface area contributed by atoms with Gasteiger partial charge in [0.25, 0.3) is 0 Å². The predicted molar refractivity (Wildman–Crippen MR) is 140 cm³/mol. The molecule has 0 saturated carbocycles. The normalized spacial score (nSPS) is 14.9. The maximum Gasteiger partial charge on any atom is 0.326 e. The number of carbonyl (C=O) groups is 4. The van der Waals surface area contributed by atoms with Crippen molar-refractivity contribution in [3.05, 3.63) is 29.8 Å². The fraction of sp³-hybridized carbons (Fsp3) is 0.542. The molecule has 14 heteroatoms. The Hall–Kier alpha value is -3.91. The minimum atomic E-state index is -1.31. The zero-order chi connectivity index (χ0) is 29.0. The van der Waals surface area contributed by atoms with Crippen LogP contribution >= 0.6 is 0 Å². The van der Waals surface area contributed by atoms with Gasteiger partial charge in [0.2, 0.25) is 17.7 Å². The van der Waals surface area contributed by atoms with Crippen molar-refractivity contribution in [2.24, 2.45) is 28.1 Å². The first-order valence-electron chi connectivity index (χ1n) is 12.1. The third-order valence-electron chi connectivity index (χ3n) is 5.64. The van der Waals surface area contributed by atoms with E-state index in [0.29, 0.717) is 5.56 Å². The molecule has 0 aliphatic rings. The molecule has 0 fully saturated rings. The standard InChI is InChI=1S/C24H39N7O7/c1-12(2)19(23(37)38)31-20(34)16(5-4-10-28-24(26)27)29-21(35)17(30-22(36)18(25)13(3)32)11-14-6-8-15(33)9-7-14/h6-9,12-13,16-19,32-33H,4-5,10-11,25H2,1-3H3,(H,29,35)(H,30,36)(H,31,34)(H,37,38)(H4,26,27,28). The maximum atomic E-state index is 13.3. The summed E-state index contributed by atoms with van der Waals surface area (Å²) in [5.74, 6) is -4.08. The Morgan fingerprint density at radius 2 is 1.47 bits per heavy atom. The van der Waals surface area contributed by atoms with E-state index in [2.05, 4.69) is 20.9 Å². The zero-order valence-corrected chi connectivity index (χ0v) is 21.8. The lowest BCUT2D eigenvalue weighted by Crippen LogP contribution is -2.59. The van der Waals surface area contributed by atoms with Gasteiger partial charge in [-0.3, -0.25) is 19.4 Å². The van der Waals surface area contributed by atoms with Crippen molar-refractivity contribution < 1.29 is 34.5 Å². The number of benzene rings is 1. The summed E-state index contributed by atoms with van der Waals surface area (Å²) in [6.07, 6.45) is -0.884. The molecule has 0 radical (unpaired) electrons. The second-order valence-electron chi connectivity index (χ2n) is 9.28. The Balaban J connectivity index is 3.18. The Morgan fingerprint density at radius 1 is 0.921 bits per heavy atom.